The van der Waals surface area contributed by atoms with Crippen molar-refractivity contribution in [3.8, 4) is 5.75 Å². The Kier molecular flexibility index (Phi) is 7.59. The number of phenols is 1. The van der Waals surface area contributed by atoms with E-state index in [0.29, 0.717) is 47.5 Å². The SMILES string of the molecule is CC(=O)O.N=C(N)c1ccc(O)c(CNc2ncnc3cc(C(=O)N4CCC(O)C4)ccc23)c1. The minimum absolute atomic E-state index is 0.0774. The highest BCUT2D eigenvalue weighted by atomic mass is 16.4. The number of rotatable bonds is 5. The predicted molar refractivity (Wildman–Crippen MR) is 126 cm³/mol. The lowest BCUT2D eigenvalue weighted by Crippen LogP contribution is -2.29. The summed E-state index contributed by atoms with van der Waals surface area (Å²) in [6.45, 7) is 2.24. The first-order valence-electron chi connectivity index (χ1n) is 10.5. The summed E-state index contributed by atoms with van der Waals surface area (Å²) in [5, 5.41) is 38.6. The highest BCUT2D eigenvalue weighted by Gasteiger charge is 2.25. The highest BCUT2D eigenvalue weighted by molar-refractivity contribution is 6.00. The molecule has 0 bridgehead atoms. The van der Waals surface area contributed by atoms with E-state index in [4.69, 9.17) is 21.0 Å². The number of carboxylic acid groups (broad SMARTS) is 1. The molecule has 1 saturated heterocycles. The van der Waals surface area contributed by atoms with Crippen molar-refractivity contribution in [1.82, 2.24) is 14.9 Å². The van der Waals surface area contributed by atoms with Crippen LogP contribution in [0.5, 0.6) is 5.75 Å². The number of hydrogen-bond acceptors (Lipinski definition) is 8. The number of hydrogen-bond donors (Lipinski definition) is 6. The molecule has 3 aromatic rings. The summed E-state index contributed by atoms with van der Waals surface area (Å²) in [4.78, 5) is 31.8. The second kappa shape index (κ2) is 10.6. The van der Waals surface area contributed by atoms with E-state index in [1.807, 2.05) is 0 Å². The summed E-state index contributed by atoms with van der Waals surface area (Å²) in [5.41, 5.74) is 7.74. The first-order valence-corrected chi connectivity index (χ1v) is 10.5. The molecule has 2 heterocycles. The van der Waals surface area contributed by atoms with Crippen LogP contribution in [0.2, 0.25) is 0 Å². The molecule has 0 radical (unpaired) electrons. The monoisotopic (exact) mass is 466 g/mol. The predicted octanol–water partition coefficient (Wildman–Crippen LogP) is 1.53. The lowest BCUT2D eigenvalue weighted by Gasteiger charge is -2.16. The first kappa shape index (κ1) is 24.4. The molecule has 0 spiro atoms. The van der Waals surface area contributed by atoms with Gasteiger partial charge in [0.1, 0.15) is 23.7 Å². The number of nitrogens with two attached hydrogens (primary N) is 1. The third kappa shape index (κ3) is 5.95. The Balaban J connectivity index is 0.000000751. The molecule has 34 heavy (non-hydrogen) atoms. The molecule has 7 N–H and O–H groups in total. The molecule has 1 aromatic heterocycles. The van der Waals surface area contributed by atoms with Gasteiger partial charge in [0.05, 0.1) is 11.6 Å². The van der Waals surface area contributed by atoms with Gasteiger partial charge in [-0.2, -0.15) is 0 Å². The normalized spacial score (nSPS) is 14.9. The van der Waals surface area contributed by atoms with Gasteiger partial charge in [-0.3, -0.25) is 15.0 Å². The van der Waals surface area contributed by atoms with Crippen LogP contribution in [0.25, 0.3) is 10.9 Å². The fourth-order valence-electron chi connectivity index (χ4n) is 3.51. The summed E-state index contributed by atoms with van der Waals surface area (Å²) in [7, 11) is 0. The summed E-state index contributed by atoms with van der Waals surface area (Å²) in [6, 6.07) is 9.94. The molecular formula is C23H26N6O5. The molecule has 1 fully saturated rings. The van der Waals surface area contributed by atoms with Gasteiger partial charge in [0, 0.05) is 48.6 Å². The number of carbonyl (C=O) groups is 2. The van der Waals surface area contributed by atoms with Gasteiger partial charge < -0.3 is 31.3 Å². The highest BCUT2D eigenvalue weighted by Crippen LogP contribution is 2.24. The van der Waals surface area contributed by atoms with Crippen molar-refractivity contribution >= 4 is 34.4 Å². The van der Waals surface area contributed by atoms with Crippen molar-refractivity contribution in [2.24, 2.45) is 5.73 Å². The molecule has 1 atom stereocenters. The third-order valence-corrected chi connectivity index (χ3v) is 5.17. The van der Waals surface area contributed by atoms with Gasteiger partial charge in [0.25, 0.3) is 11.9 Å². The molecule has 4 rings (SSSR count). The number of aromatic nitrogens is 2. The number of fused-ring (bicyclic) bond motifs is 1. The average molecular weight is 466 g/mol. The van der Waals surface area contributed by atoms with E-state index in [-0.39, 0.29) is 24.0 Å². The van der Waals surface area contributed by atoms with E-state index < -0.39 is 12.1 Å². The number of aliphatic hydroxyl groups excluding tert-OH is 1. The Hall–Kier alpha value is -4.25. The minimum Gasteiger partial charge on any atom is -0.508 e. The third-order valence-electron chi connectivity index (χ3n) is 5.17. The lowest BCUT2D eigenvalue weighted by molar-refractivity contribution is -0.134. The Labute approximate surface area is 195 Å². The average Bonchev–Trinajstić information content (AvgIpc) is 3.23. The minimum atomic E-state index is -0.833. The van der Waals surface area contributed by atoms with E-state index in [9.17, 15) is 15.0 Å². The van der Waals surface area contributed by atoms with Gasteiger partial charge in [-0.25, -0.2) is 9.97 Å². The molecule has 2 aromatic carbocycles. The van der Waals surface area contributed by atoms with E-state index in [1.54, 1.807) is 35.2 Å². The zero-order chi connectivity index (χ0) is 24.8. The van der Waals surface area contributed by atoms with E-state index in [2.05, 4.69) is 15.3 Å². The van der Waals surface area contributed by atoms with Gasteiger partial charge in [0.15, 0.2) is 0 Å². The number of amides is 1. The Morgan fingerprint density at radius 1 is 1.21 bits per heavy atom. The standard InChI is InChI=1S/C21H22N6O3.C2H4O2/c22-19(23)12-2-4-18(29)14(7-12)9-24-20-16-3-1-13(8-17(16)25-11-26-20)21(30)27-6-5-15(28)10-27;1-2(3)4/h1-4,7-8,11,15,28-29H,5-6,9-10H2,(H3,22,23)(H,24,25,26);1H3,(H,3,4). The van der Waals surface area contributed by atoms with Gasteiger partial charge in [0.2, 0.25) is 0 Å². The number of benzene rings is 2. The van der Waals surface area contributed by atoms with Gasteiger partial charge in [-0.1, -0.05) is 0 Å². The van der Waals surface area contributed by atoms with Gasteiger partial charge >= 0.3 is 0 Å². The van der Waals surface area contributed by atoms with Crippen LogP contribution in [-0.4, -0.2) is 67.1 Å². The molecule has 11 heteroatoms. The second-order valence-electron chi connectivity index (χ2n) is 7.78. The molecule has 1 unspecified atom stereocenters. The number of nitrogens with zero attached hydrogens (tertiary/aromatic N) is 3. The fourth-order valence-corrected chi connectivity index (χ4v) is 3.51. The molecule has 1 aliphatic heterocycles. The summed E-state index contributed by atoms with van der Waals surface area (Å²) in [5.74, 6) is -0.395. The zero-order valence-corrected chi connectivity index (χ0v) is 18.5. The first-order chi connectivity index (χ1) is 16.2. The quantitative estimate of drug-likeness (QED) is 0.239. The van der Waals surface area contributed by atoms with Gasteiger partial charge in [-0.05, 0) is 42.8 Å². The molecule has 1 aliphatic rings. The molecule has 178 valence electrons. The maximum absolute atomic E-state index is 12.7. The number of aliphatic hydroxyl groups is 1. The maximum Gasteiger partial charge on any atom is 0.300 e. The number of anilines is 1. The summed E-state index contributed by atoms with van der Waals surface area (Å²) < 4.78 is 0. The number of likely N-dealkylation sites (tertiary alicyclic amines) is 1. The second-order valence-corrected chi connectivity index (χ2v) is 7.78. The zero-order valence-electron chi connectivity index (χ0n) is 18.5. The fraction of sp³-hybridized carbons (Fsp3) is 0.261. The van der Waals surface area contributed by atoms with Crippen LogP contribution in [0, 0.1) is 5.41 Å². The number of β-amino-alcohol motifs (C(OH)–C–C–N with tert-alkyl or cyclic N) is 1. The largest absolute Gasteiger partial charge is 0.508 e. The van der Waals surface area contributed by atoms with Crippen LogP contribution in [-0.2, 0) is 11.3 Å². The molecule has 11 nitrogen and oxygen atoms in total. The number of aromatic hydroxyl groups is 1. The van der Waals surface area contributed by atoms with Crippen LogP contribution in [0.4, 0.5) is 5.82 Å². The van der Waals surface area contributed by atoms with Crippen molar-refractivity contribution in [2.45, 2.75) is 26.0 Å². The van der Waals surface area contributed by atoms with Crippen LogP contribution < -0.4 is 11.1 Å². The molecule has 0 saturated carbocycles. The number of phenolic OH excluding ortho intramolecular Hbond substituents is 1. The number of nitrogen functional groups attached to an aromatic ring is 1. The number of carbonyl (C=O) groups excluding carboxylic acids is 1. The van der Waals surface area contributed by atoms with Gasteiger partial charge in [-0.15, -0.1) is 0 Å². The van der Waals surface area contributed by atoms with Crippen molar-refractivity contribution < 1.29 is 24.9 Å². The number of nitrogens with one attached hydrogen (secondary N) is 2. The van der Waals surface area contributed by atoms with Crippen molar-refractivity contribution in [3.05, 3.63) is 59.4 Å². The van der Waals surface area contributed by atoms with Crippen LogP contribution >= 0.6 is 0 Å². The smallest absolute Gasteiger partial charge is 0.300 e. The van der Waals surface area contributed by atoms with Crippen LogP contribution in [0.1, 0.15) is 34.8 Å². The summed E-state index contributed by atoms with van der Waals surface area (Å²) in [6.07, 6.45) is 1.53. The Morgan fingerprint density at radius 3 is 2.56 bits per heavy atom. The van der Waals surface area contributed by atoms with Crippen molar-refractivity contribution in [2.75, 3.05) is 18.4 Å². The molecule has 1 amide bonds. The van der Waals surface area contributed by atoms with E-state index >= 15 is 0 Å². The Morgan fingerprint density at radius 2 is 1.91 bits per heavy atom. The molecule has 0 aliphatic carbocycles. The van der Waals surface area contributed by atoms with E-state index in [0.717, 1.165) is 12.3 Å². The van der Waals surface area contributed by atoms with Crippen LogP contribution in [0.3, 0.4) is 0 Å². The lowest BCUT2D eigenvalue weighted by atomic mass is 10.1. The number of amidine groups is 1. The number of aliphatic carboxylic acids is 1. The topological polar surface area (TPSA) is 186 Å². The van der Waals surface area contributed by atoms with Crippen LogP contribution in [0.15, 0.2) is 42.7 Å². The van der Waals surface area contributed by atoms with Crippen molar-refractivity contribution in [3.63, 3.8) is 0 Å². The Bertz CT molecular complexity index is 1230. The van der Waals surface area contributed by atoms with Crippen molar-refractivity contribution in [1.29, 1.82) is 5.41 Å². The van der Waals surface area contributed by atoms with E-state index in [1.165, 1.54) is 12.4 Å². The molecular weight excluding hydrogens is 440 g/mol. The number of carboxylic acids is 1. The summed E-state index contributed by atoms with van der Waals surface area (Å²) >= 11 is 0. The maximum atomic E-state index is 12.7.